The average Bonchev–Trinajstić information content (AvgIpc) is 2.82. The molecule has 0 atom stereocenters. The fraction of sp³-hybridized carbons (Fsp3) is 0.200. The molecule has 0 aliphatic heterocycles. The van der Waals surface area contributed by atoms with Crippen molar-refractivity contribution in [1.29, 1.82) is 0 Å². The van der Waals surface area contributed by atoms with Gasteiger partial charge in [-0.15, -0.1) is 0 Å². The molecule has 2 N–H and O–H groups in total. The highest BCUT2D eigenvalue weighted by Gasteiger charge is 2.15. The summed E-state index contributed by atoms with van der Waals surface area (Å²) in [5.74, 6) is 0.960. The maximum atomic E-state index is 6.10. The first-order valence-electron chi connectivity index (χ1n) is 6.61. The van der Waals surface area contributed by atoms with Crippen molar-refractivity contribution in [2.75, 3.05) is 12.8 Å². The molecule has 0 bridgehead atoms. The fourth-order valence-electron chi connectivity index (χ4n) is 2.36. The van der Waals surface area contributed by atoms with Gasteiger partial charge in [0.15, 0.2) is 5.65 Å². The maximum absolute atomic E-state index is 6.10. The van der Waals surface area contributed by atoms with E-state index < -0.39 is 0 Å². The summed E-state index contributed by atoms with van der Waals surface area (Å²) in [5, 5.41) is 0. The van der Waals surface area contributed by atoms with Crippen LogP contribution in [-0.4, -0.2) is 21.6 Å². The summed E-state index contributed by atoms with van der Waals surface area (Å²) in [7, 11) is 1.59. The van der Waals surface area contributed by atoms with Gasteiger partial charge < -0.3 is 10.5 Å². The third kappa shape index (κ3) is 2.35. The smallest absolute Gasteiger partial charge is 0.215 e. The predicted molar refractivity (Wildman–Crippen MR) is 86.9 cm³/mol. The number of aryl methyl sites for hydroxylation is 1. The third-order valence-electron chi connectivity index (χ3n) is 3.38. The molecule has 0 unspecified atom stereocenters. The molecule has 0 spiro atoms. The molecule has 0 saturated heterocycles. The molecule has 108 valence electrons. The van der Waals surface area contributed by atoms with Gasteiger partial charge in [-0.25, -0.2) is 4.98 Å². The van der Waals surface area contributed by atoms with Crippen LogP contribution in [0.2, 0.25) is 0 Å². The lowest BCUT2D eigenvalue weighted by Crippen LogP contribution is -2.04. The van der Waals surface area contributed by atoms with Crippen molar-refractivity contribution in [2.45, 2.75) is 13.3 Å². The Morgan fingerprint density at radius 3 is 2.76 bits per heavy atom. The molecule has 0 saturated carbocycles. The van der Waals surface area contributed by atoms with Gasteiger partial charge in [-0.1, -0.05) is 22.9 Å². The normalized spacial score (nSPS) is 11.0. The van der Waals surface area contributed by atoms with E-state index in [4.69, 9.17) is 10.5 Å². The van der Waals surface area contributed by atoms with Crippen LogP contribution in [0.25, 0.3) is 16.9 Å². The largest absolute Gasteiger partial charge is 0.481 e. The number of nitrogens with two attached hydrogens (primary N) is 1. The van der Waals surface area contributed by atoms with Gasteiger partial charge in [0, 0.05) is 10.5 Å². The molecule has 6 heteroatoms. The number of methoxy groups -OCH3 is 1. The number of nitrogen functional groups attached to an aromatic ring is 1. The topological polar surface area (TPSA) is 66.0 Å². The van der Waals surface area contributed by atoms with Crippen LogP contribution in [0.5, 0.6) is 5.88 Å². The van der Waals surface area contributed by atoms with E-state index in [2.05, 4.69) is 38.9 Å². The molecule has 2 heterocycles. The Morgan fingerprint density at radius 2 is 2.05 bits per heavy atom. The number of aromatic nitrogens is 3. The van der Waals surface area contributed by atoms with E-state index in [1.165, 1.54) is 5.56 Å². The minimum Gasteiger partial charge on any atom is -0.481 e. The van der Waals surface area contributed by atoms with E-state index in [0.29, 0.717) is 17.5 Å². The Balaban J connectivity index is 2.31. The second-order valence-corrected chi connectivity index (χ2v) is 5.54. The van der Waals surface area contributed by atoms with Crippen molar-refractivity contribution in [3.05, 3.63) is 40.4 Å². The van der Waals surface area contributed by atoms with Gasteiger partial charge >= 0.3 is 0 Å². The average molecular weight is 347 g/mol. The van der Waals surface area contributed by atoms with Crippen molar-refractivity contribution in [3.8, 4) is 11.6 Å². The number of fused-ring (bicyclic) bond motifs is 1. The van der Waals surface area contributed by atoms with Crippen molar-refractivity contribution in [2.24, 2.45) is 0 Å². The number of ether oxygens (including phenoxy) is 1. The van der Waals surface area contributed by atoms with Crippen molar-refractivity contribution in [1.82, 2.24) is 14.5 Å². The Bertz CT molecular complexity index is 813. The lowest BCUT2D eigenvalue weighted by atomic mass is 10.1. The van der Waals surface area contributed by atoms with Gasteiger partial charge in [0.05, 0.1) is 12.8 Å². The van der Waals surface area contributed by atoms with Crippen LogP contribution in [-0.2, 0) is 6.42 Å². The predicted octanol–water partition coefficient (Wildman–Crippen LogP) is 3.34. The number of benzene rings is 1. The number of imidazole rings is 1. The van der Waals surface area contributed by atoms with Gasteiger partial charge in [-0.2, -0.15) is 4.98 Å². The molecule has 0 amide bonds. The van der Waals surface area contributed by atoms with Crippen LogP contribution in [0.1, 0.15) is 12.5 Å². The second-order valence-electron chi connectivity index (χ2n) is 4.63. The third-order valence-corrected chi connectivity index (χ3v) is 3.87. The zero-order valence-corrected chi connectivity index (χ0v) is 13.4. The van der Waals surface area contributed by atoms with Gasteiger partial charge in [-0.05, 0) is 36.2 Å². The molecule has 3 rings (SSSR count). The first-order valence-corrected chi connectivity index (χ1v) is 7.41. The molecule has 1 aromatic carbocycles. The fourth-order valence-corrected chi connectivity index (χ4v) is 2.77. The quantitative estimate of drug-likeness (QED) is 0.789. The number of hydrogen-bond donors (Lipinski definition) is 1. The second kappa shape index (κ2) is 5.37. The molecule has 2 aromatic heterocycles. The number of pyridine rings is 1. The maximum Gasteiger partial charge on any atom is 0.215 e. The SMILES string of the molecule is CCc1cc(Br)ccc1-n1c(N)nc2ccc(OC)nc21. The van der Waals surface area contributed by atoms with Gasteiger partial charge in [0.2, 0.25) is 11.8 Å². The monoisotopic (exact) mass is 346 g/mol. The first kappa shape index (κ1) is 13.9. The van der Waals surface area contributed by atoms with E-state index in [1.54, 1.807) is 13.2 Å². The summed E-state index contributed by atoms with van der Waals surface area (Å²) in [5.41, 5.74) is 9.70. The standard InChI is InChI=1S/C15H15BrN4O/c1-3-9-8-10(16)4-6-12(9)20-14-11(18-15(20)17)5-7-13(19-14)21-2/h4-8H,3H2,1-2H3,(H2,17,18). The highest BCUT2D eigenvalue weighted by atomic mass is 79.9. The van der Waals surface area contributed by atoms with E-state index >= 15 is 0 Å². The Morgan fingerprint density at radius 1 is 1.24 bits per heavy atom. The summed E-state index contributed by atoms with van der Waals surface area (Å²) in [6.45, 7) is 2.11. The van der Waals surface area contributed by atoms with Gasteiger partial charge in [0.1, 0.15) is 5.52 Å². The highest BCUT2D eigenvalue weighted by molar-refractivity contribution is 9.10. The molecule has 0 aliphatic carbocycles. The lowest BCUT2D eigenvalue weighted by Gasteiger charge is -2.11. The Kier molecular flexibility index (Phi) is 3.55. The number of anilines is 1. The van der Waals surface area contributed by atoms with Crippen LogP contribution in [0.3, 0.4) is 0 Å². The molecule has 3 aromatic rings. The van der Waals surface area contributed by atoms with E-state index in [1.807, 2.05) is 22.8 Å². The number of halogens is 1. The molecule has 21 heavy (non-hydrogen) atoms. The van der Waals surface area contributed by atoms with E-state index in [0.717, 1.165) is 22.1 Å². The van der Waals surface area contributed by atoms with Crippen LogP contribution < -0.4 is 10.5 Å². The summed E-state index contributed by atoms with van der Waals surface area (Å²) < 4.78 is 8.10. The molecule has 0 fully saturated rings. The molecule has 0 aliphatic rings. The minimum absolute atomic E-state index is 0.419. The molecular formula is C15H15BrN4O. The lowest BCUT2D eigenvalue weighted by molar-refractivity contribution is 0.399. The van der Waals surface area contributed by atoms with Crippen LogP contribution in [0, 0.1) is 0 Å². The van der Waals surface area contributed by atoms with E-state index in [9.17, 15) is 0 Å². The number of rotatable bonds is 3. The number of hydrogen-bond acceptors (Lipinski definition) is 4. The van der Waals surface area contributed by atoms with Crippen molar-refractivity contribution in [3.63, 3.8) is 0 Å². The summed E-state index contributed by atoms with van der Waals surface area (Å²) in [6, 6.07) is 9.72. The summed E-state index contributed by atoms with van der Waals surface area (Å²) in [6.07, 6.45) is 0.887. The summed E-state index contributed by atoms with van der Waals surface area (Å²) in [4.78, 5) is 8.85. The molecule has 0 radical (unpaired) electrons. The van der Waals surface area contributed by atoms with Crippen LogP contribution in [0.4, 0.5) is 5.95 Å². The first-order chi connectivity index (χ1) is 10.1. The molecular weight excluding hydrogens is 332 g/mol. The Labute approximate surface area is 130 Å². The Hall–Kier alpha value is -2.08. The molecule has 5 nitrogen and oxygen atoms in total. The van der Waals surface area contributed by atoms with Crippen LogP contribution in [0.15, 0.2) is 34.8 Å². The van der Waals surface area contributed by atoms with E-state index in [-0.39, 0.29) is 0 Å². The van der Waals surface area contributed by atoms with Crippen molar-refractivity contribution < 1.29 is 4.74 Å². The zero-order chi connectivity index (χ0) is 15.0. The summed E-state index contributed by atoms with van der Waals surface area (Å²) >= 11 is 3.50. The number of nitrogens with zero attached hydrogens (tertiary/aromatic N) is 3. The van der Waals surface area contributed by atoms with Crippen LogP contribution >= 0.6 is 15.9 Å². The highest BCUT2D eigenvalue weighted by Crippen LogP contribution is 2.27. The minimum atomic E-state index is 0.419. The van der Waals surface area contributed by atoms with Gasteiger partial charge in [-0.3, -0.25) is 4.57 Å². The van der Waals surface area contributed by atoms with Crippen molar-refractivity contribution >= 4 is 33.0 Å². The van der Waals surface area contributed by atoms with Gasteiger partial charge in [0.25, 0.3) is 0 Å². The zero-order valence-electron chi connectivity index (χ0n) is 11.8.